The number of hydrogen-bond donors (Lipinski definition) is 1. The molecular formula is C15H16N4O3. The predicted molar refractivity (Wildman–Crippen MR) is 82.6 cm³/mol. The molecule has 2 heterocycles. The zero-order valence-electron chi connectivity index (χ0n) is 12.4. The summed E-state index contributed by atoms with van der Waals surface area (Å²) in [5.74, 6) is 0.700. The van der Waals surface area contributed by atoms with Crippen molar-refractivity contribution in [2.24, 2.45) is 0 Å². The van der Waals surface area contributed by atoms with Crippen LogP contribution >= 0.6 is 0 Å². The van der Waals surface area contributed by atoms with E-state index in [-0.39, 0.29) is 12.5 Å². The summed E-state index contributed by atoms with van der Waals surface area (Å²) in [5, 5.41) is 5.77. The summed E-state index contributed by atoms with van der Waals surface area (Å²) in [7, 11) is 1.61. The summed E-state index contributed by atoms with van der Waals surface area (Å²) in [5.41, 5.74) is 7.27. The van der Waals surface area contributed by atoms with Gasteiger partial charge in [0.25, 0.3) is 0 Å². The summed E-state index contributed by atoms with van der Waals surface area (Å²) in [6, 6.07) is 7.45. The summed E-state index contributed by atoms with van der Waals surface area (Å²) >= 11 is 0. The highest BCUT2D eigenvalue weighted by molar-refractivity contribution is 5.97. The number of hydrogen-bond acceptors (Lipinski definition) is 6. The van der Waals surface area contributed by atoms with Gasteiger partial charge in [0, 0.05) is 5.39 Å². The number of methoxy groups -OCH3 is 1. The number of carbonyl (C=O) groups excluding carboxylic acids is 1. The fraction of sp³-hybridized carbons (Fsp3) is 0.267. The number of esters is 1. The first kappa shape index (κ1) is 14.1. The maximum Gasteiger partial charge on any atom is 0.327 e. The van der Waals surface area contributed by atoms with E-state index in [0.717, 1.165) is 16.7 Å². The van der Waals surface area contributed by atoms with Gasteiger partial charge >= 0.3 is 5.97 Å². The van der Waals surface area contributed by atoms with Gasteiger partial charge in [-0.1, -0.05) is 0 Å². The smallest absolute Gasteiger partial charge is 0.327 e. The van der Waals surface area contributed by atoms with Gasteiger partial charge in [0.1, 0.15) is 12.3 Å². The number of rotatable bonds is 4. The van der Waals surface area contributed by atoms with Crippen LogP contribution in [0.15, 0.2) is 24.3 Å². The fourth-order valence-electron chi connectivity index (χ4n) is 2.33. The van der Waals surface area contributed by atoms with Crippen molar-refractivity contribution in [3.63, 3.8) is 0 Å². The van der Waals surface area contributed by atoms with E-state index < -0.39 is 0 Å². The maximum absolute atomic E-state index is 11.6. The summed E-state index contributed by atoms with van der Waals surface area (Å²) < 4.78 is 11.6. The molecule has 2 aromatic heterocycles. The Morgan fingerprint density at radius 2 is 2.18 bits per heavy atom. The van der Waals surface area contributed by atoms with Gasteiger partial charge in [-0.15, -0.1) is 0 Å². The molecule has 0 bridgehead atoms. The summed E-state index contributed by atoms with van der Waals surface area (Å²) in [4.78, 5) is 16.2. The van der Waals surface area contributed by atoms with Gasteiger partial charge in [0.15, 0.2) is 11.5 Å². The van der Waals surface area contributed by atoms with Crippen molar-refractivity contribution < 1.29 is 14.3 Å². The van der Waals surface area contributed by atoms with Crippen molar-refractivity contribution >= 4 is 33.7 Å². The van der Waals surface area contributed by atoms with Gasteiger partial charge in [0.05, 0.1) is 24.6 Å². The number of nitrogen functional groups attached to an aromatic ring is 1. The Kier molecular flexibility index (Phi) is 3.54. The molecule has 0 aliphatic heterocycles. The summed E-state index contributed by atoms with van der Waals surface area (Å²) in [6.45, 7) is 2.06. The molecule has 0 aliphatic rings. The number of carbonyl (C=O) groups is 1. The van der Waals surface area contributed by atoms with Crippen molar-refractivity contribution in [3.05, 3.63) is 24.3 Å². The molecule has 0 atom stereocenters. The van der Waals surface area contributed by atoms with Crippen LogP contribution in [0.1, 0.15) is 6.92 Å². The lowest BCUT2D eigenvalue weighted by molar-refractivity contribution is -0.143. The van der Waals surface area contributed by atoms with E-state index in [0.29, 0.717) is 23.5 Å². The van der Waals surface area contributed by atoms with E-state index in [4.69, 9.17) is 15.2 Å². The second-order valence-electron chi connectivity index (χ2n) is 4.77. The number of pyridine rings is 1. The number of ether oxygens (including phenoxy) is 2. The fourth-order valence-corrected chi connectivity index (χ4v) is 2.33. The lowest BCUT2D eigenvalue weighted by Crippen LogP contribution is -2.14. The molecule has 0 saturated carbocycles. The van der Waals surface area contributed by atoms with Crippen LogP contribution in [0, 0.1) is 0 Å². The highest BCUT2D eigenvalue weighted by Gasteiger charge is 2.14. The second-order valence-corrected chi connectivity index (χ2v) is 4.77. The van der Waals surface area contributed by atoms with Gasteiger partial charge < -0.3 is 15.2 Å². The zero-order chi connectivity index (χ0) is 15.7. The third kappa shape index (κ3) is 2.41. The molecule has 2 N–H and O–H groups in total. The van der Waals surface area contributed by atoms with Crippen molar-refractivity contribution in [1.82, 2.24) is 14.8 Å². The molecule has 0 radical (unpaired) electrons. The van der Waals surface area contributed by atoms with Gasteiger partial charge in [-0.2, -0.15) is 5.10 Å². The first-order valence-corrected chi connectivity index (χ1v) is 6.88. The minimum absolute atomic E-state index is 0.0177. The van der Waals surface area contributed by atoms with Crippen LogP contribution in [0.25, 0.3) is 21.9 Å². The largest absolute Gasteiger partial charge is 0.497 e. The second kappa shape index (κ2) is 5.51. The van der Waals surface area contributed by atoms with Gasteiger partial charge in [0.2, 0.25) is 0 Å². The van der Waals surface area contributed by atoms with Gasteiger partial charge in [-0.3, -0.25) is 4.79 Å². The zero-order valence-corrected chi connectivity index (χ0v) is 12.4. The molecule has 0 aliphatic carbocycles. The molecule has 114 valence electrons. The Hall–Kier alpha value is -2.83. The van der Waals surface area contributed by atoms with E-state index in [2.05, 4.69) is 10.1 Å². The van der Waals surface area contributed by atoms with Crippen molar-refractivity contribution in [3.8, 4) is 5.75 Å². The Balaban J connectivity index is 2.12. The van der Waals surface area contributed by atoms with E-state index in [1.165, 1.54) is 4.68 Å². The molecule has 3 aromatic rings. The highest BCUT2D eigenvalue weighted by atomic mass is 16.5. The van der Waals surface area contributed by atoms with Crippen LogP contribution < -0.4 is 10.5 Å². The third-order valence-electron chi connectivity index (χ3n) is 3.33. The molecule has 0 spiro atoms. The number of nitrogens with two attached hydrogens (primary N) is 1. The number of benzene rings is 1. The standard InChI is InChI=1S/C15H16N4O3/c1-3-22-13(20)8-19-15-11(14(16)18-19)7-9-6-10(21-2)4-5-12(9)17-15/h4-7H,3,8H2,1-2H3,(H2,16,18). The molecular weight excluding hydrogens is 284 g/mol. The monoisotopic (exact) mass is 300 g/mol. The Labute approximate surface area is 126 Å². The summed E-state index contributed by atoms with van der Waals surface area (Å²) in [6.07, 6.45) is 0. The molecule has 3 rings (SSSR count). The average molecular weight is 300 g/mol. The molecule has 7 heteroatoms. The van der Waals surface area contributed by atoms with E-state index in [1.807, 2.05) is 24.3 Å². The van der Waals surface area contributed by atoms with E-state index in [9.17, 15) is 4.79 Å². The molecule has 0 fully saturated rings. The van der Waals surface area contributed by atoms with Crippen LogP contribution in [-0.4, -0.2) is 34.5 Å². The lowest BCUT2D eigenvalue weighted by atomic mass is 10.2. The first-order chi connectivity index (χ1) is 10.6. The normalized spacial score (nSPS) is 11.0. The highest BCUT2D eigenvalue weighted by Crippen LogP contribution is 2.26. The van der Waals surface area contributed by atoms with Crippen molar-refractivity contribution in [1.29, 1.82) is 0 Å². The van der Waals surface area contributed by atoms with Gasteiger partial charge in [-0.25, -0.2) is 9.67 Å². The SMILES string of the molecule is CCOC(=O)Cn1nc(N)c2cc3cc(OC)ccc3nc21. The number of fused-ring (bicyclic) bond motifs is 2. The Morgan fingerprint density at radius 3 is 2.91 bits per heavy atom. The molecule has 7 nitrogen and oxygen atoms in total. The molecule has 0 saturated heterocycles. The maximum atomic E-state index is 11.6. The van der Waals surface area contributed by atoms with Crippen molar-refractivity contribution in [2.75, 3.05) is 19.5 Å². The van der Waals surface area contributed by atoms with E-state index >= 15 is 0 Å². The quantitative estimate of drug-likeness (QED) is 0.738. The lowest BCUT2D eigenvalue weighted by Gasteiger charge is -2.05. The van der Waals surface area contributed by atoms with Crippen LogP contribution in [0.3, 0.4) is 0 Å². The molecule has 1 aromatic carbocycles. The van der Waals surface area contributed by atoms with E-state index in [1.54, 1.807) is 14.0 Å². The van der Waals surface area contributed by atoms with Crippen LogP contribution in [0.4, 0.5) is 5.82 Å². The van der Waals surface area contributed by atoms with Crippen LogP contribution in [0.2, 0.25) is 0 Å². The third-order valence-corrected chi connectivity index (χ3v) is 3.33. The van der Waals surface area contributed by atoms with Crippen LogP contribution in [-0.2, 0) is 16.1 Å². The Bertz CT molecular complexity index is 857. The topological polar surface area (TPSA) is 92.3 Å². The average Bonchev–Trinajstić information content (AvgIpc) is 2.80. The molecule has 22 heavy (non-hydrogen) atoms. The van der Waals surface area contributed by atoms with Gasteiger partial charge in [-0.05, 0) is 31.2 Å². The molecule has 0 amide bonds. The number of nitrogens with zero attached hydrogens (tertiary/aromatic N) is 3. The predicted octanol–water partition coefficient (Wildman–Crippen LogP) is 1.74. The number of aromatic nitrogens is 3. The number of anilines is 1. The van der Waals surface area contributed by atoms with Crippen molar-refractivity contribution in [2.45, 2.75) is 13.5 Å². The minimum Gasteiger partial charge on any atom is -0.497 e. The molecule has 0 unspecified atom stereocenters. The minimum atomic E-state index is -0.372. The van der Waals surface area contributed by atoms with Crippen LogP contribution in [0.5, 0.6) is 5.75 Å². The first-order valence-electron chi connectivity index (χ1n) is 6.88. The Morgan fingerprint density at radius 1 is 1.36 bits per heavy atom.